The summed E-state index contributed by atoms with van der Waals surface area (Å²) in [6, 6.07) is 5.25. The molecule has 0 unspecified atom stereocenters. The first kappa shape index (κ1) is 27.8. The van der Waals surface area contributed by atoms with Crippen molar-refractivity contribution in [1.29, 1.82) is 0 Å². The van der Waals surface area contributed by atoms with E-state index in [4.69, 9.17) is 14.7 Å². The lowest BCUT2D eigenvalue weighted by molar-refractivity contribution is -0.0468. The molecule has 1 fully saturated rings. The highest BCUT2D eigenvalue weighted by atomic mass is 32.2. The number of methoxy groups -OCH3 is 1. The molecule has 1 aliphatic rings. The van der Waals surface area contributed by atoms with Crippen LogP contribution in [0.1, 0.15) is 27.1 Å². The van der Waals surface area contributed by atoms with Crippen molar-refractivity contribution in [2.75, 3.05) is 19.5 Å². The molecular formula is C21H21N9O10S. The van der Waals surface area contributed by atoms with E-state index in [0.717, 1.165) is 4.68 Å². The number of amides is 1. The maximum absolute atomic E-state index is 12.3. The highest BCUT2D eigenvalue weighted by Crippen LogP contribution is 2.32. The van der Waals surface area contributed by atoms with E-state index in [9.17, 15) is 33.3 Å². The van der Waals surface area contributed by atoms with Gasteiger partial charge in [0.2, 0.25) is 0 Å². The highest BCUT2D eigenvalue weighted by Gasteiger charge is 2.45. The molecule has 4 atom stereocenters. The van der Waals surface area contributed by atoms with Crippen LogP contribution in [0.2, 0.25) is 0 Å². The Morgan fingerprint density at radius 3 is 2.68 bits per heavy atom. The van der Waals surface area contributed by atoms with Gasteiger partial charge in [-0.2, -0.15) is 23.1 Å². The van der Waals surface area contributed by atoms with Crippen LogP contribution in [-0.4, -0.2) is 102 Å². The molecule has 0 bridgehead atoms. The Bertz CT molecular complexity index is 1740. The Hall–Kier alpha value is -4.76. The van der Waals surface area contributed by atoms with Gasteiger partial charge in [-0.1, -0.05) is 17.3 Å². The van der Waals surface area contributed by atoms with Crippen molar-refractivity contribution in [2.24, 2.45) is 0 Å². The van der Waals surface area contributed by atoms with E-state index in [1.165, 1.54) is 48.5 Å². The summed E-state index contributed by atoms with van der Waals surface area (Å²) >= 11 is 0. The number of esters is 1. The number of aromatic nitrogens is 7. The average Bonchev–Trinajstić information content (AvgIpc) is 3.66. The third kappa shape index (κ3) is 5.36. The lowest BCUT2D eigenvalue weighted by atomic mass is 10.1. The van der Waals surface area contributed by atoms with E-state index in [1.54, 1.807) is 4.72 Å². The third-order valence-electron chi connectivity index (χ3n) is 5.89. The first-order chi connectivity index (χ1) is 19.5. The van der Waals surface area contributed by atoms with E-state index >= 15 is 0 Å². The van der Waals surface area contributed by atoms with Gasteiger partial charge in [-0.3, -0.25) is 13.5 Å². The van der Waals surface area contributed by atoms with Gasteiger partial charge in [-0.25, -0.2) is 14.5 Å². The minimum Gasteiger partial charge on any atom is -0.507 e. The summed E-state index contributed by atoms with van der Waals surface area (Å²) in [6.07, 6.45) is -3.58. The van der Waals surface area contributed by atoms with Crippen molar-refractivity contribution in [2.45, 2.75) is 24.5 Å². The van der Waals surface area contributed by atoms with Crippen LogP contribution in [0.4, 0.5) is 5.82 Å². The smallest absolute Gasteiger partial charge is 0.362 e. The molecular weight excluding hydrogens is 570 g/mol. The number of imidazole rings is 1. The van der Waals surface area contributed by atoms with Gasteiger partial charge in [-0.05, 0) is 12.1 Å². The van der Waals surface area contributed by atoms with Crippen LogP contribution < -0.4 is 10.5 Å². The second kappa shape index (κ2) is 10.7. The molecule has 1 saturated heterocycles. The summed E-state index contributed by atoms with van der Waals surface area (Å²) < 4.78 is 43.5. The molecule has 4 aromatic rings. The number of benzene rings is 1. The number of nitrogens with zero attached hydrogens (tertiary/aromatic N) is 7. The molecule has 5 rings (SSSR count). The van der Waals surface area contributed by atoms with Gasteiger partial charge in [-0.15, -0.1) is 5.10 Å². The Kier molecular flexibility index (Phi) is 7.23. The van der Waals surface area contributed by atoms with Crippen LogP contribution in [0.25, 0.3) is 17.1 Å². The molecule has 4 heterocycles. The van der Waals surface area contributed by atoms with Crippen LogP contribution in [0.15, 0.2) is 36.8 Å². The lowest BCUT2D eigenvalue weighted by Gasteiger charge is -2.16. The minimum absolute atomic E-state index is 0.0305. The maximum atomic E-state index is 12.3. The second-order valence-electron chi connectivity index (χ2n) is 8.51. The molecule has 0 saturated carbocycles. The van der Waals surface area contributed by atoms with E-state index in [1.807, 2.05) is 0 Å². The summed E-state index contributed by atoms with van der Waals surface area (Å²) in [7, 11) is -3.55. The zero-order valence-electron chi connectivity index (χ0n) is 20.8. The number of aliphatic hydroxyl groups excluding tert-OH is 2. The fourth-order valence-electron chi connectivity index (χ4n) is 3.89. The number of ether oxygens (including phenoxy) is 2. The fraction of sp³-hybridized carbons (Fsp3) is 0.286. The molecule has 41 heavy (non-hydrogen) atoms. The largest absolute Gasteiger partial charge is 0.507 e. The topological polar surface area (TPSA) is 269 Å². The number of carbonyl (C=O) groups is 2. The molecule has 1 aromatic carbocycles. The molecule has 0 radical (unpaired) electrons. The Labute approximate surface area is 229 Å². The molecule has 6 N–H and O–H groups in total. The minimum atomic E-state index is -4.72. The van der Waals surface area contributed by atoms with Crippen molar-refractivity contribution in [3.63, 3.8) is 0 Å². The van der Waals surface area contributed by atoms with Crippen molar-refractivity contribution < 1.29 is 47.0 Å². The number of anilines is 1. The number of phenols is 1. The maximum Gasteiger partial charge on any atom is 0.362 e. The van der Waals surface area contributed by atoms with Crippen molar-refractivity contribution in [1.82, 2.24) is 39.2 Å². The molecule has 20 heteroatoms. The summed E-state index contributed by atoms with van der Waals surface area (Å²) in [5.74, 6) is -2.58. The van der Waals surface area contributed by atoms with Gasteiger partial charge in [0.25, 0.3) is 11.9 Å². The number of para-hydroxylation sites is 1. The molecule has 3 aromatic heterocycles. The summed E-state index contributed by atoms with van der Waals surface area (Å²) in [5.41, 5.74) is 5.69. The van der Waals surface area contributed by atoms with Gasteiger partial charge in [0, 0.05) is 0 Å². The number of nitrogens with two attached hydrogens (primary N) is 1. The number of fused-ring (bicyclic) bond motifs is 1. The zero-order valence-corrected chi connectivity index (χ0v) is 21.6. The third-order valence-corrected chi connectivity index (χ3v) is 6.78. The second-order valence-corrected chi connectivity index (χ2v) is 9.85. The number of hydrogen-bond donors (Lipinski definition) is 5. The number of nitrogen functional groups attached to an aromatic ring is 1. The Morgan fingerprint density at radius 2 is 1.95 bits per heavy atom. The number of carbonyl (C=O) groups excluding carboxylic acids is 2. The van der Waals surface area contributed by atoms with Crippen LogP contribution in [0, 0.1) is 0 Å². The molecule has 0 spiro atoms. The normalized spacial score (nSPS) is 20.8. The van der Waals surface area contributed by atoms with Crippen molar-refractivity contribution >= 4 is 39.2 Å². The van der Waals surface area contributed by atoms with E-state index < -0.39 is 59.1 Å². The van der Waals surface area contributed by atoms with Crippen LogP contribution in [0.3, 0.4) is 0 Å². The molecule has 0 aliphatic carbocycles. The van der Waals surface area contributed by atoms with Crippen molar-refractivity contribution in [3.8, 4) is 11.7 Å². The first-order valence-electron chi connectivity index (χ1n) is 11.5. The van der Waals surface area contributed by atoms with Gasteiger partial charge in [0.1, 0.15) is 29.6 Å². The number of rotatable bonds is 8. The monoisotopic (exact) mass is 591 g/mol. The SMILES string of the molecule is COC(=O)c1cn(-c2nc(N)c3ncn([C@H]4O[C@@H](COS(=O)(=O)NC(=O)c5ccccc5O)[C@H](O)[C@@H]4O)c3n2)nn1. The Morgan fingerprint density at radius 1 is 1.20 bits per heavy atom. The van der Waals surface area contributed by atoms with E-state index in [2.05, 4.69) is 30.0 Å². The highest BCUT2D eigenvalue weighted by molar-refractivity contribution is 7.85. The molecule has 1 amide bonds. The average molecular weight is 592 g/mol. The number of hydrogen-bond acceptors (Lipinski definition) is 16. The van der Waals surface area contributed by atoms with Crippen LogP contribution in [0.5, 0.6) is 5.75 Å². The standard InChI is InChI=1S/C21H21N9O10S/c1-38-20(35)10-6-30(28-26-10)21-24-16(22)13-17(25-21)29(8-23-13)19-15(33)14(32)12(40-19)7-39-41(36,37)27-18(34)9-4-2-3-5-11(9)31/h2-6,8,12,14-15,19,31-33H,7H2,1H3,(H,27,34)(H2,22,24,25)/t12-,14-,15-,19-/m0/s1. The molecule has 216 valence electrons. The number of aliphatic hydroxyl groups is 2. The van der Waals surface area contributed by atoms with Gasteiger partial charge >= 0.3 is 16.3 Å². The lowest BCUT2D eigenvalue weighted by Crippen LogP contribution is -2.37. The summed E-state index contributed by atoms with van der Waals surface area (Å²) in [4.78, 5) is 36.4. The van der Waals surface area contributed by atoms with Gasteiger partial charge in [0.15, 0.2) is 23.4 Å². The van der Waals surface area contributed by atoms with Crippen LogP contribution >= 0.6 is 0 Å². The zero-order chi connectivity index (χ0) is 29.5. The number of nitrogens with one attached hydrogen (secondary N) is 1. The molecule has 19 nitrogen and oxygen atoms in total. The van der Waals surface area contributed by atoms with E-state index in [0.29, 0.717) is 0 Å². The quantitative estimate of drug-likeness (QED) is 0.136. The first-order valence-corrected chi connectivity index (χ1v) is 12.9. The van der Waals surface area contributed by atoms with Gasteiger partial charge < -0.3 is 30.5 Å². The predicted molar refractivity (Wildman–Crippen MR) is 132 cm³/mol. The number of aromatic hydroxyl groups is 1. The number of phenolic OH excluding ortho intramolecular Hbond substituents is 1. The van der Waals surface area contributed by atoms with Crippen molar-refractivity contribution in [3.05, 3.63) is 48.0 Å². The Balaban J connectivity index is 1.33. The fourth-order valence-corrected chi connectivity index (χ4v) is 4.60. The predicted octanol–water partition coefficient (Wildman–Crippen LogP) is -2.21. The van der Waals surface area contributed by atoms with E-state index in [-0.39, 0.29) is 34.2 Å². The summed E-state index contributed by atoms with van der Waals surface area (Å²) in [6.45, 7) is -0.803. The molecule has 1 aliphatic heterocycles. The van der Waals surface area contributed by atoms with Gasteiger partial charge in [0.05, 0.1) is 31.8 Å². The van der Waals surface area contributed by atoms with Crippen LogP contribution in [-0.2, 0) is 24.0 Å². The summed E-state index contributed by atoms with van der Waals surface area (Å²) in [5, 5.41) is 38.4.